The fourth-order valence-corrected chi connectivity index (χ4v) is 4.99. The zero-order valence-electron chi connectivity index (χ0n) is 19.4. The van der Waals surface area contributed by atoms with Gasteiger partial charge in [-0.1, -0.05) is 117 Å². The number of rotatable bonds is 22. The number of hydrogen-bond donors (Lipinski definition) is 2. The molecule has 0 fully saturated rings. The average molecular weight is 435 g/mol. The van der Waals surface area contributed by atoms with E-state index in [0.717, 1.165) is 51.4 Å². The number of aliphatic hydroxyl groups is 1. The lowest BCUT2D eigenvalue weighted by atomic mass is 10.0. The molecule has 0 amide bonds. The predicted molar refractivity (Wildman–Crippen MR) is 125 cm³/mol. The van der Waals surface area contributed by atoms with E-state index in [1.807, 2.05) is 0 Å². The Bertz CT molecular complexity index is 436. The summed E-state index contributed by atoms with van der Waals surface area (Å²) < 4.78 is 32.8. The molecule has 0 saturated carbocycles. The van der Waals surface area contributed by atoms with E-state index < -0.39 is 15.4 Å². The molecule has 0 aromatic heterocycles. The van der Waals surface area contributed by atoms with E-state index in [4.69, 9.17) is 0 Å². The lowest BCUT2D eigenvalue weighted by Crippen LogP contribution is -2.20. The molecule has 2 atom stereocenters. The van der Waals surface area contributed by atoms with Crippen LogP contribution in [0.3, 0.4) is 0 Å². The highest BCUT2D eigenvalue weighted by atomic mass is 32.2. The molecule has 0 bridgehead atoms. The third-order valence-electron chi connectivity index (χ3n) is 5.99. The van der Waals surface area contributed by atoms with Gasteiger partial charge in [0.25, 0.3) is 10.1 Å². The predicted octanol–water partition coefficient (Wildman–Crippen LogP) is 7.45. The van der Waals surface area contributed by atoms with Crippen LogP contribution < -0.4 is 0 Å². The Labute approximate surface area is 182 Å². The smallest absolute Gasteiger partial charge is 0.267 e. The quantitative estimate of drug-likeness (QED) is 0.137. The van der Waals surface area contributed by atoms with Crippen molar-refractivity contribution in [2.24, 2.45) is 0 Å². The van der Waals surface area contributed by atoms with Crippen LogP contribution in [0.2, 0.25) is 0 Å². The molecule has 0 rings (SSSR count). The van der Waals surface area contributed by atoms with Gasteiger partial charge in [-0.25, -0.2) is 0 Å². The van der Waals surface area contributed by atoms with Gasteiger partial charge in [-0.15, -0.1) is 0 Å². The highest BCUT2D eigenvalue weighted by Gasteiger charge is 2.21. The van der Waals surface area contributed by atoms with Gasteiger partial charge in [0.15, 0.2) is 0 Å². The van der Waals surface area contributed by atoms with Crippen molar-refractivity contribution in [2.45, 2.75) is 154 Å². The minimum absolute atomic E-state index is 0.224. The van der Waals surface area contributed by atoms with E-state index in [9.17, 15) is 18.1 Å². The maximum atomic E-state index is 11.6. The summed E-state index contributed by atoms with van der Waals surface area (Å²) in [6.07, 6.45) is 21.3. The van der Waals surface area contributed by atoms with Gasteiger partial charge < -0.3 is 5.11 Å². The largest absolute Gasteiger partial charge is 0.393 e. The normalized spacial score (nSPS) is 14.2. The van der Waals surface area contributed by atoms with E-state index in [2.05, 4.69) is 13.8 Å². The highest BCUT2D eigenvalue weighted by Crippen LogP contribution is 2.19. The third kappa shape index (κ3) is 19.6. The van der Waals surface area contributed by atoms with Crippen molar-refractivity contribution in [1.29, 1.82) is 0 Å². The van der Waals surface area contributed by atoms with Gasteiger partial charge in [-0.2, -0.15) is 8.42 Å². The van der Waals surface area contributed by atoms with Gasteiger partial charge in [0.05, 0.1) is 11.4 Å². The van der Waals surface area contributed by atoms with Crippen molar-refractivity contribution in [1.82, 2.24) is 0 Å². The van der Waals surface area contributed by atoms with Gasteiger partial charge in [-0.3, -0.25) is 4.55 Å². The first-order chi connectivity index (χ1) is 13.9. The monoisotopic (exact) mass is 434 g/mol. The molecule has 0 saturated heterocycles. The average Bonchev–Trinajstić information content (AvgIpc) is 2.66. The van der Waals surface area contributed by atoms with Crippen LogP contribution >= 0.6 is 0 Å². The molecule has 0 aliphatic rings. The Morgan fingerprint density at radius 1 is 0.552 bits per heavy atom. The molecule has 5 heteroatoms. The van der Waals surface area contributed by atoms with Crippen LogP contribution in [0.1, 0.15) is 142 Å². The highest BCUT2D eigenvalue weighted by molar-refractivity contribution is 7.86. The summed E-state index contributed by atoms with van der Waals surface area (Å²) in [5.74, 6) is 0. The maximum absolute atomic E-state index is 11.6. The van der Waals surface area contributed by atoms with Crippen LogP contribution in [0.15, 0.2) is 0 Å². The summed E-state index contributed by atoms with van der Waals surface area (Å²) in [6.45, 7) is 4.31. The molecule has 0 radical (unpaired) electrons. The van der Waals surface area contributed by atoms with E-state index in [0.29, 0.717) is 12.8 Å². The van der Waals surface area contributed by atoms with E-state index >= 15 is 0 Å². The minimum Gasteiger partial charge on any atom is -0.393 e. The van der Waals surface area contributed by atoms with E-state index in [1.165, 1.54) is 64.2 Å². The Balaban J connectivity index is 3.68. The number of unbranched alkanes of at least 4 members (excludes halogenated alkanes) is 13. The maximum Gasteiger partial charge on any atom is 0.267 e. The van der Waals surface area contributed by atoms with Crippen molar-refractivity contribution in [2.75, 3.05) is 0 Å². The standard InChI is InChI=1S/C24H50O4S/c1-3-5-6-7-8-9-10-11-12-13-14-17-21-24(29(26,27)28)22-18-15-16-20-23(25)19-4-2/h23-25H,3-22H2,1-2H3,(H,26,27,28). The summed E-state index contributed by atoms with van der Waals surface area (Å²) in [6, 6.07) is 0. The molecule has 176 valence electrons. The van der Waals surface area contributed by atoms with Gasteiger partial charge in [-0.05, 0) is 25.7 Å². The second-order valence-corrected chi connectivity index (χ2v) is 10.6. The second kappa shape index (κ2) is 19.8. The first kappa shape index (κ1) is 28.9. The molecule has 2 unspecified atom stereocenters. The molecule has 0 aliphatic heterocycles. The number of aliphatic hydroxyl groups excluding tert-OH is 1. The lowest BCUT2D eigenvalue weighted by molar-refractivity contribution is 0.150. The summed E-state index contributed by atoms with van der Waals surface area (Å²) in [5.41, 5.74) is 0. The Hall–Kier alpha value is -0.130. The first-order valence-electron chi connectivity index (χ1n) is 12.6. The Kier molecular flexibility index (Phi) is 19.7. The fourth-order valence-electron chi connectivity index (χ4n) is 4.06. The van der Waals surface area contributed by atoms with Gasteiger partial charge >= 0.3 is 0 Å². The van der Waals surface area contributed by atoms with Crippen molar-refractivity contribution in [3.05, 3.63) is 0 Å². The summed E-state index contributed by atoms with van der Waals surface area (Å²) in [4.78, 5) is 0. The van der Waals surface area contributed by atoms with Crippen molar-refractivity contribution >= 4 is 10.1 Å². The van der Waals surface area contributed by atoms with Crippen LogP contribution in [-0.4, -0.2) is 29.4 Å². The summed E-state index contributed by atoms with van der Waals surface area (Å²) in [7, 11) is -3.94. The molecule has 0 aromatic carbocycles. The zero-order valence-corrected chi connectivity index (χ0v) is 20.2. The molecule has 29 heavy (non-hydrogen) atoms. The van der Waals surface area contributed by atoms with Gasteiger partial charge in [0.2, 0.25) is 0 Å². The first-order valence-corrected chi connectivity index (χ1v) is 14.1. The fraction of sp³-hybridized carbons (Fsp3) is 1.00. The molecule has 0 aromatic rings. The van der Waals surface area contributed by atoms with Crippen molar-refractivity contribution in [3.8, 4) is 0 Å². The van der Waals surface area contributed by atoms with Crippen LogP contribution in [0.5, 0.6) is 0 Å². The van der Waals surface area contributed by atoms with Gasteiger partial charge in [0, 0.05) is 0 Å². The molecule has 0 heterocycles. The van der Waals surface area contributed by atoms with Crippen LogP contribution in [-0.2, 0) is 10.1 Å². The Morgan fingerprint density at radius 3 is 1.34 bits per heavy atom. The van der Waals surface area contributed by atoms with Crippen molar-refractivity contribution in [3.63, 3.8) is 0 Å². The minimum atomic E-state index is -3.94. The van der Waals surface area contributed by atoms with Crippen LogP contribution in [0.4, 0.5) is 0 Å². The van der Waals surface area contributed by atoms with Gasteiger partial charge in [0.1, 0.15) is 0 Å². The lowest BCUT2D eigenvalue weighted by Gasteiger charge is -2.14. The third-order valence-corrected chi connectivity index (χ3v) is 7.30. The summed E-state index contributed by atoms with van der Waals surface area (Å²) >= 11 is 0. The summed E-state index contributed by atoms with van der Waals surface area (Å²) in [5, 5.41) is 9.12. The Morgan fingerprint density at radius 2 is 0.931 bits per heavy atom. The molecule has 4 nitrogen and oxygen atoms in total. The molecular formula is C24H50O4S. The zero-order chi connectivity index (χ0) is 21.8. The second-order valence-electron chi connectivity index (χ2n) is 8.90. The van der Waals surface area contributed by atoms with Crippen LogP contribution in [0.25, 0.3) is 0 Å². The van der Waals surface area contributed by atoms with E-state index in [1.54, 1.807) is 0 Å². The molecule has 2 N–H and O–H groups in total. The topological polar surface area (TPSA) is 74.6 Å². The molecular weight excluding hydrogens is 384 g/mol. The van der Waals surface area contributed by atoms with E-state index in [-0.39, 0.29) is 6.10 Å². The van der Waals surface area contributed by atoms with Crippen LogP contribution in [0, 0.1) is 0 Å². The number of hydrogen-bond acceptors (Lipinski definition) is 3. The molecule has 0 aliphatic carbocycles. The molecule has 0 spiro atoms. The SMILES string of the molecule is CCCCCCCCCCCCCCC(CCCCCC(O)CCC)S(=O)(=O)O. The van der Waals surface area contributed by atoms with Crippen molar-refractivity contribution < 1.29 is 18.1 Å².